The van der Waals surface area contributed by atoms with Crippen LogP contribution in [0.5, 0.6) is 0 Å². The lowest BCUT2D eigenvalue weighted by Gasteiger charge is -1.99. The third-order valence-corrected chi connectivity index (χ3v) is 2.58. The third kappa shape index (κ3) is 1.59. The largest absolute Gasteiger partial charge is 0.330 e. The number of aromatic nitrogens is 2. The van der Waals surface area contributed by atoms with E-state index < -0.39 is 0 Å². The normalized spacial score (nSPS) is 10.9. The number of pyridine rings is 1. The molecule has 0 aliphatic rings. The van der Waals surface area contributed by atoms with Crippen molar-refractivity contribution in [1.29, 1.82) is 0 Å². The van der Waals surface area contributed by atoms with Gasteiger partial charge in [0.25, 0.3) is 0 Å². The quantitative estimate of drug-likeness (QED) is 0.866. The molecule has 2 aromatic heterocycles. The van der Waals surface area contributed by atoms with Gasteiger partial charge in [-0.25, -0.2) is 4.52 Å². The minimum absolute atomic E-state index is 0.682. The maximum atomic E-state index is 5.48. The molecule has 0 unspecified atom stereocenters. The average Bonchev–Trinajstić information content (AvgIpc) is 2.49. The lowest BCUT2D eigenvalue weighted by Crippen LogP contribution is -2.03. The number of rotatable bonds is 2. The summed E-state index contributed by atoms with van der Waals surface area (Å²) >= 11 is 3.44. The highest BCUT2D eigenvalue weighted by molar-refractivity contribution is 9.10. The van der Waals surface area contributed by atoms with Gasteiger partial charge in [0, 0.05) is 6.20 Å². The Morgan fingerprint density at radius 1 is 1.54 bits per heavy atom. The first-order valence-electron chi connectivity index (χ1n) is 4.13. The average molecular weight is 240 g/mol. The van der Waals surface area contributed by atoms with Crippen molar-refractivity contribution in [1.82, 2.24) is 9.61 Å². The van der Waals surface area contributed by atoms with Crippen molar-refractivity contribution in [2.45, 2.75) is 6.42 Å². The molecule has 13 heavy (non-hydrogen) atoms. The summed E-state index contributed by atoms with van der Waals surface area (Å²) in [5.74, 6) is 0. The number of fused-ring (bicyclic) bond motifs is 1. The molecule has 0 aromatic carbocycles. The molecule has 0 atom stereocenters. The van der Waals surface area contributed by atoms with Crippen LogP contribution in [-0.2, 0) is 6.42 Å². The molecular formula is C9H10BrN3. The Balaban J connectivity index is 2.53. The standard InChI is InChI=1S/C9H10BrN3/c10-8-6-12-13-4-2-7(1-3-11)5-9(8)13/h2,4-6H,1,3,11H2. The molecule has 2 aromatic rings. The summed E-state index contributed by atoms with van der Waals surface area (Å²) in [5, 5.41) is 4.16. The summed E-state index contributed by atoms with van der Waals surface area (Å²) in [6.45, 7) is 0.682. The molecule has 68 valence electrons. The van der Waals surface area contributed by atoms with Gasteiger partial charge in [-0.2, -0.15) is 5.10 Å². The van der Waals surface area contributed by atoms with Gasteiger partial charge in [-0.3, -0.25) is 0 Å². The minimum Gasteiger partial charge on any atom is -0.330 e. The second-order valence-electron chi connectivity index (χ2n) is 2.90. The number of hydrogen-bond acceptors (Lipinski definition) is 2. The molecule has 0 saturated heterocycles. The van der Waals surface area contributed by atoms with Crippen LogP contribution in [0.3, 0.4) is 0 Å². The van der Waals surface area contributed by atoms with E-state index in [9.17, 15) is 0 Å². The molecule has 0 bridgehead atoms. The molecule has 0 saturated carbocycles. The first-order valence-corrected chi connectivity index (χ1v) is 4.92. The fraction of sp³-hybridized carbons (Fsp3) is 0.222. The molecule has 0 aliphatic carbocycles. The molecule has 0 radical (unpaired) electrons. The van der Waals surface area contributed by atoms with E-state index in [-0.39, 0.29) is 0 Å². The van der Waals surface area contributed by atoms with Crippen molar-refractivity contribution in [3.63, 3.8) is 0 Å². The van der Waals surface area contributed by atoms with Crippen molar-refractivity contribution in [2.75, 3.05) is 6.54 Å². The van der Waals surface area contributed by atoms with E-state index in [2.05, 4.69) is 27.1 Å². The first-order chi connectivity index (χ1) is 6.31. The summed E-state index contributed by atoms with van der Waals surface area (Å²) in [7, 11) is 0. The van der Waals surface area contributed by atoms with Gasteiger partial charge in [0.15, 0.2) is 0 Å². The Bertz CT molecular complexity index is 422. The Kier molecular flexibility index (Phi) is 2.33. The zero-order valence-electron chi connectivity index (χ0n) is 7.07. The van der Waals surface area contributed by atoms with Crippen molar-refractivity contribution in [3.05, 3.63) is 34.6 Å². The van der Waals surface area contributed by atoms with Gasteiger partial charge in [-0.05, 0) is 46.6 Å². The lowest BCUT2D eigenvalue weighted by atomic mass is 10.2. The van der Waals surface area contributed by atoms with Gasteiger partial charge >= 0.3 is 0 Å². The molecule has 2 heterocycles. The third-order valence-electron chi connectivity index (χ3n) is 1.97. The van der Waals surface area contributed by atoms with Crippen LogP contribution in [0.15, 0.2) is 29.0 Å². The molecule has 0 spiro atoms. The highest BCUT2D eigenvalue weighted by Crippen LogP contribution is 2.18. The Morgan fingerprint density at radius 3 is 3.15 bits per heavy atom. The van der Waals surface area contributed by atoms with Crippen LogP contribution < -0.4 is 5.73 Å². The van der Waals surface area contributed by atoms with Gasteiger partial charge < -0.3 is 5.73 Å². The lowest BCUT2D eigenvalue weighted by molar-refractivity contribution is 0.930. The van der Waals surface area contributed by atoms with Crippen molar-refractivity contribution in [3.8, 4) is 0 Å². The Hall–Kier alpha value is -0.870. The summed E-state index contributed by atoms with van der Waals surface area (Å²) < 4.78 is 2.86. The molecule has 4 heteroatoms. The topological polar surface area (TPSA) is 43.3 Å². The second-order valence-corrected chi connectivity index (χ2v) is 3.75. The monoisotopic (exact) mass is 239 g/mol. The van der Waals surface area contributed by atoms with Gasteiger partial charge in [0.1, 0.15) is 0 Å². The number of halogens is 1. The van der Waals surface area contributed by atoms with E-state index in [1.54, 1.807) is 6.20 Å². The summed E-state index contributed by atoms with van der Waals surface area (Å²) in [4.78, 5) is 0. The summed E-state index contributed by atoms with van der Waals surface area (Å²) in [5.41, 5.74) is 7.82. The van der Waals surface area contributed by atoms with Gasteiger partial charge in [0.2, 0.25) is 0 Å². The van der Waals surface area contributed by atoms with Crippen molar-refractivity contribution >= 4 is 21.4 Å². The predicted octanol–water partition coefficient (Wildman–Crippen LogP) is 1.60. The maximum absolute atomic E-state index is 5.48. The van der Waals surface area contributed by atoms with Gasteiger partial charge in [-0.15, -0.1) is 0 Å². The van der Waals surface area contributed by atoms with Crippen molar-refractivity contribution in [2.24, 2.45) is 5.73 Å². The summed E-state index contributed by atoms with van der Waals surface area (Å²) in [6, 6.07) is 4.14. The smallest absolute Gasteiger partial charge is 0.0806 e. The van der Waals surface area contributed by atoms with E-state index in [1.807, 2.05) is 16.8 Å². The van der Waals surface area contributed by atoms with E-state index in [0.717, 1.165) is 16.4 Å². The van der Waals surface area contributed by atoms with E-state index in [4.69, 9.17) is 5.73 Å². The highest BCUT2D eigenvalue weighted by atomic mass is 79.9. The fourth-order valence-electron chi connectivity index (χ4n) is 1.32. The molecule has 0 aliphatic heterocycles. The predicted molar refractivity (Wildman–Crippen MR) is 55.7 cm³/mol. The zero-order valence-corrected chi connectivity index (χ0v) is 8.66. The zero-order chi connectivity index (χ0) is 9.26. The van der Waals surface area contributed by atoms with Crippen LogP contribution in [0.1, 0.15) is 5.56 Å². The Morgan fingerprint density at radius 2 is 2.38 bits per heavy atom. The molecule has 2 N–H and O–H groups in total. The van der Waals surface area contributed by atoms with Crippen LogP contribution in [0.25, 0.3) is 5.52 Å². The van der Waals surface area contributed by atoms with E-state index in [1.165, 1.54) is 5.56 Å². The minimum atomic E-state index is 0.682. The highest BCUT2D eigenvalue weighted by Gasteiger charge is 2.00. The van der Waals surface area contributed by atoms with Crippen LogP contribution in [0.4, 0.5) is 0 Å². The molecule has 3 nitrogen and oxygen atoms in total. The second kappa shape index (κ2) is 3.47. The van der Waals surface area contributed by atoms with Crippen LogP contribution in [0.2, 0.25) is 0 Å². The number of nitrogens with two attached hydrogens (primary N) is 1. The van der Waals surface area contributed by atoms with Crippen LogP contribution in [-0.4, -0.2) is 16.2 Å². The summed E-state index contributed by atoms with van der Waals surface area (Å²) in [6.07, 6.45) is 4.65. The molecule has 0 fully saturated rings. The first kappa shape index (κ1) is 8.72. The Labute approximate surface area is 84.7 Å². The van der Waals surface area contributed by atoms with Gasteiger partial charge in [0.05, 0.1) is 16.2 Å². The van der Waals surface area contributed by atoms with E-state index in [0.29, 0.717) is 6.54 Å². The SMILES string of the molecule is NCCc1ccn2ncc(Br)c2c1. The molecule has 2 rings (SSSR count). The van der Waals surface area contributed by atoms with Crippen LogP contribution >= 0.6 is 15.9 Å². The van der Waals surface area contributed by atoms with Crippen LogP contribution in [0, 0.1) is 0 Å². The molecule has 0 amide bonds. The van der Waals surface area contributed by atoms with Crippen molar-refractivity contribution < 1.29 is 0 Å². The van der Waals surface area contributed by atoms with E-state index >= 15 is 0 Å². The van der Waals surface area contributed by atoms with Gasteiger partial charge in [-0.1, -0.05) is 0 Å². The fourth-order valence-corrected chi connectivity index (χ4v) is 1.70. The maximum Gasteiger partial charge on any atom is 0.0806 e. The number of hydrogen-bond donors (Lipinski definition) is 1. The number of nitrogens with zero attached hydrogens (tertiary/aromatic N) is 2. The molecular weight excluding hydrogens is 230 g/mol.